The summed E-state index contributed by atoms with van der Waals surface area (Å²) in [5.41, 5.74) is 0. The summed E-state index contributed by atoms with van der Waals surface area (Å²) < 4.78 is 0. The molecule has 0 aliphatic carbocycles. The summed E-state index contributed by atoms with van der Waals surface area (Å²) in [6.07, 6.45) is 18.0. The van der Waals surface area contributed by atoms with E-state index in [0.717, 1.165) is 32.1 Å². The van der Waals surface area contributed by atoms with Gasteiger partial charge in [0.2, 0.25) is 5.91 Å². The number of hydrogen-bond acceptors (Lipinski definition) is 3. The van der Waals surface area contributed by atoms with Gasteiger partial charge in [-0.1, -0.05) is 56.7 Å². The van der Waals surface area contributed by atoms with Crippen molar-refractivity contribution in [1.82, 2.24) is 5.32 Å². The number of allylic oxidation sites excluding steroid dienone is 5. The number of aliphatic hydroxyl groups excluding tert-OH is 2. The molecule has 0 aliphatic heterocycles. The van der Waals surface area contributed by atoms with E-state index in [1.807, 2.05) is 6.08 Å². The van der Waals surface area contributed by atoms with Gasteiger partial charge in [-0.2, -0.15) is 0 Å². The lowest BCUT2D eigenvalue weighted by Crippen LogP contribution is -2.44. The van der Waals surface area contributed by atoms with Gasteiger partial charge < -0.3 is 15.5 Å². The molecule has 0 radical (unpaired) electrons. The van der Waals surface area contributed by atoms with Crippen LogP contribution in [-0.2, 0) is 4.79 Å². The highest BCUT2D eigenvalue weighted by Crippen LogP contribution is 2.02. The summed E-state index contributed by atoms with van der Waals surface area (Å²) in [5.74, 6) is -0.174. The first-order valence-corrected chi connectivity index (χ1v) is 8.70. The van der Waals surface area contributed by atoms with Crippen molar-refractivity contribution < 1.29 is 15.0 Å². The van der Waals surface area contributed by atoms with E-state index in [-0.39, 0.29) is 12.5 Å². The number of aliphatic hydroxyl groups is 2. The van der Waals surface area contributed by atoms with E-state index in [2.05, 4.69) is 36.5 Å². The van der Waals surface area contributed by atoms with Gasteiger partial charge in [0.25, 0.3) is 0 Å². The van der Waals surface area contributed by atoms with E-state index < -0.39 is 12.1 Å². The Labute approximate surface area is 141 Å². The average molecular weight is 323 g/mol. The normalized spacial score (nSPS) is 14.8. The molecule has 2 unspecified atom stereocenters. The van der Waals surface area contributed by atoms with Crippen LogP contribution in [0.1, 0.15) is 58.8 Å². The fourth-order valence-electron chi connectivity index (χ4n) is 1.94. The van der Waals surface area contributed by atoms with Crippen molar-refractivity contribution in [2.24, 2.45) is 0 Å². The molecule has 0 aromatic carbocycles. The van der Waals surface area contributed by atoms with Crippen molar-refractivity contribution in [1.29, 1.82) is 0 Å². The maximum absolute atomic E-state index is 11.3. The highest BCUT2D eigenvalue weighted by molar-refractivity contribution is 5.75. The fraction of sp³-hybridized carbons (Fsp3) is 0.632. The molecule has 23 heavy (non-hydrogen) atoms. The smallest absolute Gasteiger partial charge is 0.220 e. The number of rotatable bonds is 13. The average Bonchev–Trinajstić information content (AvgIpc) is 2.56. The molecule has 0 spiro atoms. The zero-order valence-electron chi connectivity index (χ0n) is 14.6. The van der Waals surface area contributed by atoms with Crippen LogP contribution < -0.4 is 5.32 Å². The Morgan fingerprint density at radius 2 is 1.48 bits per heavy atom. The van der Waals surface area contributed by atoms with E-state index in [0.29, 0.717) is 6.42 Å². The minimum Gasteiger partial charge on any atom is -0.394 e. The Morgan fingerprint density at radius 3 is 1.96 bits per heavy atom. The standard InChI is InChI=1S/C19H33NO3/c1-3-5-6-7-8-9-10-11-12-13-14-15-18(22)17(16-21)20-19(23)4-2/h6-7,10-11,14-15,17-18,21-22H,3-5,8-9,12-13,16H2,1-2H3,(H,20,23)/b7-6+,11-10+,15-14+. The maximum atomic E-state index is 11.3. The Balaban J connectivity index is 3.84. The van der Waals surface area contributed by atoms with E-state index in [9.17, 15) is 15.0 Å². The molecule has 0 aromatic rings. The van der Waals surface area contributed by atoms with E-state index in [1.165, 1.54) is 6.42 Å². The van der Waals surface area contributed by atoms with E-state index >= 15 is 0 Å². The Kier molecular flexibility index (Phi) is 14.6. The van der Waals surface area contributed by atoms with Crippen LogP contribution >= 0.6 is 0 Å². The number of hydrogen-bond donors (Lipinski definition) is 3. The zero-order valence-corrected chi connectivity index (χ0v) is 14.6. The third-order valence-corrected chi connectivity index (χ3v) is 3.40. The van der Waals surface area contributed by atoms with Crippen LogP contribution in [-0.4, -0.2) is 34.9 Å². The van der Waals surface area contributed by atoms with Crippen molar-refractivity contribution in [3.05, 3.63) is 36.5 Å². The van der Waals surface area contributed by atoms with Crippen molar-refractivity contribution in [3.63, 3.8) is 0 Å². The van der Waals surface area contributed by atoms with Crippen molar-refractivity contribution in [3.8, 4) is 0 Å². The molecule has 1 amide bonds. The summed E-state index contributed by atoms with van der Waals surface area (Å²) in [4.78, 5) is 11.3. The van der Waals surface area contributed by atoms with Gasteiger partial charge in [-0.3, -0.25) is 4.79 Å². The summed E-state index contributed by atoms with van der Waals surface area (Å²) in [6.45, 7) is 3.63. The van der Waals surface area contributed by atoms with Crippen LogP contribution in [0.3, 0.4) is 0 Å². The van der Waals surface area contributed by atoms with E-state index in [4.69, 9.17) is 0 Å². The minimum absolute atomic E-state index is 0.174. The number of nitrogens with one attached hydrogen (secondary N) is 1. The number of amides is 1. The first-order chi connectivity index (χ1) is 11.2. The summed E-state index contributed by atoms with van der Waals surface area (Å²) in [7, 11) is 0. The first kappa shape index (κ1) is 21.6. The van der Waals surface area contributed by atoms with E-state index in [1.54, 1.807) is 13.0 Å². The monoisotopic (exact) mass is 323 g/mol. The van der Waals surface area contributed by atoms with Crippen LogP contribution in [0.4, 0.5) is 0 Å². The summed E-state index contributed by atoms with van der Waals surface area (Å²) in [5, 5.41) is 21.7. The van der Waals surface area contributed by atoms with Gasteiger partial charge in [-0.15, -0.1) is 0 Å². The third kappa shape index (κ3) is 12.8. The van der Waals surface area contributed by atoms with Crippen molar-refractivity contribution >= 4 is 5.91 Å². The topological polar surface area (TPSA) is 69.6 Å². The van der Waals surface area contributed by atoms with Gasteiger partial charge in [-0.05, 0) is 32.1 Å². The molecule has 4 heteroatoms. The Morgan fingerprint density at radius 1 is 0.957 bits per heavy atom. The molecule has 0 saturated carbocycles. The Bertz CT molecular complexity index is 375. The molecule has 3 N–H and O–H groups in total. The van der Waals surface area contributed by atoms with Gasteiger partial charge in [0, 0.05) is 6.42 Å². The lowest BCUT2D eigenvalue weighted by atomic mass is 10.1. The predicted octanol–water partition coefficient (Wildman–Crippen LogP) is 3.26. The molecule has 0 bridgehead atoms. The van der Waals surface area contributed by atoms with Crippen molar-refractivity contribution in [2.75, 3.05) is 6.61 Å². The van der Waals surface area contributed by atoms with Crippen LogP contribution in [0.2, 0.25) is 0 Å². The quantitative estimate of drug-likeness (QED) is 0.360. The third-order valence-electron chi connectivity index (χ3n) is 3.40. The molecule has 2 atom stereocenters. The van der Waals surface area contributed by atoms with Gasteiger partial charge in [0.15, 0.2) is 0 Å². The van der Waals surface area contributed by atoms with Crippen LogP contribution in [0.25, 0.3) is 0 Å². The lowest BCUT2D eigenvalue weighted by Gasteiger charge is -2.19. The lowest BCUT2D eigenvalue weighted by molar-refractivity contribution is -0.122. The van der Waals surface area contributed by atoms with Gasteiger partial charge in [-0.25, -0.2) is 0 Å². The highest BCUT2D eigenvalue weighted by Gasteiger charge is 2.16. The largest absolute Gasteiger partial charge is 0.394 e. The highest BCUT2D eigenvalue weighted by atomic mass is 16.3. The molecular formula is C19H33NO3. The molecular weight excluding hydrogens is 290 g/mol. The minimum atomic E-state index is -0.858. The molecule has 0 aromatic heterocycles. The molecule has 0 fully saturated rings. The van der Waals surface area contributed by atoms with Gasteiger partial charge >= 0.3 is 0 Å². The summed E-state index contributed by atoms with van der Waals surface area (Å²) in [6, 6.07) is -0.635. The fourth-order valence-corrected chi connectivity index (χ4v) is 1.94. The Hall–Kier alpha value is -1.39. The maximum Gasteiger partial charge on any atom is 0.220 e. The second kappa shape index (κ2) is 15.5. The molecule has 0 rings (SSSR count). The zero-order chi connectivity index (χ0) is 17.3. The van der Waals surface area contributed by atoms with Crippen LogP contribution in [0.15, 0.2) is 36.5 Å². The molecule has 132 valence electrons. The molecule has 0 saturated heterocycles. The predicted molar refractivity (Wildman–Crippen MR) is 96.1 cm³/mol. The number of carbonyl (C=O) groups is 1. The number of unbranched alkanes of at least 4 members (excludes halogenated alkanes) is 3. The van der Waals surface area contributed by atoms with Crippen LogP contribution in [0, 0.1) is 0 Å². The van der Waals surface area contributed by atoms with Crippen molar-refractivity contribution in [2.45, 2.75) is 70.9 Å². The second-order valence-electron chi connectivity index (χ2n) is 5.52. The first-order valence-electron chi connectivity index (χ1n) is 8.70. The van der Waals surface area contributed by atoms with Gasteiger partial charge in [0.1, 0.15) is 0 Å². The molecule has 0 heterocycles. The van der Waals surface area contributed by atoms with Crippen LogP contribution in [0.5, 0.6) is 0 Å². The summed E-state index contributed by atoms with van der Waals surface area (Å²) >= 11 is 0. The second-order valence-corrected chi connectivity index (χ2v) is 5.52. The van der Waals surface area contributed by atoms with Gasteiger partial charge in [0.05, 0.1) is 18.8 Å². The number of carbonyl (C=O) groups excluding carboxylic acids is 1. The molecule has 0 aliphatic rings. The molecule has 4 nitrogen and oxygen atoms in total. The SMILES string of the molecule is CCC/C=C/CC/C=C/CC/C=C/C(O)C(CO)NC(=O)CC.